The Morgan fingerprint density at radius 1 is 1.15 bits per heavy atom. The molecule has 0 aliphatic rings. The maximum atomic E-state index is 5.81. The Kier molecular flexibility index (Phi) is 8.34. The molecule has 7 heteroatoms. The van der Waals surface area contributed by atoms with Crippen LogP contribution in [0.3, 0.4) is 0 Å². The van der Waals surface area contributed by atoms with E-state index in [-0.39, 0.29) is 0 Å². The molecule has 0 amide bonds. The standard InChI is InChI=1S/C19H28N4O2S/c1-4-7-9-18-21-22-19(26)23(18)20-14-15-10-11-16(25-12-8-5-2)17(13-15)24-6-3/h10-11,13-14H,4-9,12H2,1-3H3,(H,22,26)/b20-14-. The van der Waals surface area contributed by atoms with E-state index in [4.69, 9.17) is 21.7 Å². The second-order valence-corrected chi connectivity index (χ2v) is 6.33. The lowest BCUT2D eigenvalue weighted by molar-refractivity contribution is 0.272. The minimum atomic E-state index is 0.497. The number of hydrogen-bond donors (Lipinski definition) is 1. The molecular formula is C19H28N4O2S. The summed E-state index contributed by atoms with van der Waals surface area (Å²) in [4.78, 5) is 0. The van der Waals surface area contributed by atoms with E-state index < -0.39 is 0 Å². The van der Waals surface area contributed by atoms with Crippen LogP contribution in [-0.4, -0.2) is 34.3 Å². The number of hydrogen-bond acceptors (Lipinski definition) is 5. The van der Waals surface area contributed by atoms with Gasteiger partial charge in [-0.3, -0.25) is 5.10 Å². The van der Waals surface area contributed by atoms with Crippen LogP contribution < -0.4 is 9.47 Å². The van der Waals surface area contributed by atoms with Gasteiger partial charge in [-0.05, 0) is 55.7 Å². The molecule has 0 bridgehead atoms. The molecule has 0 saturated heterocycles. The third kappa shape index (κ3) is 5.69. The first-order valence-electron chi connectivity index (χ1n) is 9.29. The van der Waals surface area contributed by atoms with Crippen molar-refractivity contribution in [3.63, 3.8) is 0 Å². The number of ether oxygens (including phenoxy) is 2. The van der Waals surface area contributed by atoms with Crippen LogP contribution in [0.5, 0.6) is 11.5 Å². The molecule has 0 aliphatic carbocycles. The number of aromatic nitrogens is 3. The average molecular weight is 377 g/mol. The maximum absolute atomic E-state index is 5.81. The molecule has 0 spiro atoms. The van der Waals surface area contributed by atoms with Crippen LogP contribution in [0, 0.1) is 4.77 Å². The van der Waals surface area contributed by atoms with E-state index in [2.05, 4.69) is 29.1 Å². The minimum Gasteiger partial charge on any atom is -0.490 e. The summed E-state index contributed by atoms with van der Waals surface area (Å²) in [6, 6.07) is 5.82. The zero-order valence-corrected chi connectivity index (χ0v) is 16.6. The number of nitrogens with zero attached hydrogens (tertiary/aromatic N) is 3. The highest BCUT2D eigenvalue weighted by molar-refractivity contribution is 7.71. The molecule has 6 nitrogen and oxygen atoms in total. The molecule has 142 valence electrons. The van der Waals surface area contributed by atoms with Gasteiger partial charge < -0.3 is 9.47 Å². The van der Waals surface area contributed by atoms with Crippen molar-refractivity contribution in [1.82, 2.24) is 14.9 Å². The molecule has 0 saturated carbocycles. The van der Waals surface area contributed by atoms with E-state index in [1.165, 1.54) is 0 Å². The Morgan fingerprint density at radius 3 is 2.69 bits per heavy atom. The summed E-state index contributed by atoms with van der Waals surface area (Å²) < 4.78 is 13.7. The smallest absolute Gasteiger partial charge is 0.216 e. The molecule has 2 rings (SSSR count). The van der Waals surface area contributed by atoms with Gasteiger partial charge in [0.2, 0.25) is 4.77 Å². The fourth-order valence-corrected chi connectivity index (χ4v) is 2.58. The Labute approximate surface area is 160 Å². The van der Waals surface area contributed by atoms with Gasteiger partial charge in [-0.1, -0.05) is 26.7 Å². The number of benzene rings is 1. The van der Waals surface area contributed by atoms with Crippen LogP contribution in [0.1, 0.15) is 57.8 Å². The zero-order chi connectivity index (χ0) is 18.8. The monoisotopic (exact) mass is 376 g/mol. The first-order chi connectivity index (χ1) is 12.7. The van der Waals surface area contributed by atoms with Gasteiger partial charge >= 0.3 is 0 Å². The SMILES string of the molecule is CCCCOc1ccc(/C=N\n2c(CCCC)n[nH]c2=S)cc1OCC. The highest BCUT2D eigenvalue weighted by atomic mass is 32.1. The lowest BCUT2D eigenvalue weighted by atomic mass is 10.2. The second kappa shape index (κ2) is 10.8. The van der Waals surface area contributed by atoms with Crippen molar-refractivity contribution in [1.29, 1.82) is 0 Å². The normalized spacial score (nSPS) is 11.2. The number of rotatable bonds is 11. The lowest BCUT2D eigenvalue weighted by Crippen LogP contribution is -2.02. The maximum Gasteiger partial charge on any atom is 0.216 e. The summed E-state index contributed by atoms with van der Waals surface area (Å²) in [5.41, 5.74) is 0.917. The van der Waals surface area contributed by atoms with Gasteiger partial charge in [0.05, 0.1) is 19.4 Å². The van der Waals surface area contributed by atoms with Gasteiger partial charge in [-0.25, -0.2) is 0 Å². The van der Waals surface area contributed by atoms with E-state index >= 15 is 0 Å². The van der Waals surface area contributed by atoms with Crippen molar-refractivity contribution in [2.45, 2.75) is 52.9 Å². The molecule has 1 aromatic carbocycles. The molecule has 0 fully saturated rings. The van der Waals surface area contributed by atoms with Crippen molar-refractivity contribution in [3.8, 4) is 11.5 Å². The molecule has 0 atom stereocenters. The van der Waals surface area contributed by atoms with E-state index in [1.807, 2.05) is 25.1 Å². The topological polar surface area (TPSA) is 64.4 Å². The van der Waals surface area contributed by atoms with Crippen molar-refractivity contribution in [2.75, 3.05) is 13.2 Å². The molecule has 0 radical (unpaired) electrons. The second-order valence-electron chi connectivity index (χ2n) is 5.95. The van der Waals surface area contributed by atoms with E-state index in [9.17, 15) is 0 Å². The van der Waals surface area contributed by atoms with Gasteiger partial charge in [0.25, 0.3) is 0 Å². The Morgan fingerprint density at radius 2 is 1.96 bits per heavy atom. The number of nitrogens with one attached hydrogen (secondary N) is 1. The van der Waals surface area contributed by atoms with E-state index in [0.29, 0.717) is 18.0 Å². The number of H-pyrrole nitrogens is 1. The predicted molar refractivity (Wildman–Crippen MR) is 107 cm³/mol. The van der Waals surface area contributed by atoms with E-state index in [1.54, 1.807) is 10.9 Å². The number of aryl methyl sites for hydroxylation is 1. The first-order valence-corrected chi connectivity index (χ1v) is 9.70. The van der Waals surface area contributed by atoms with Gasteiger partial charge in [-0.2, -0.15) is 14.9 Å². The van der Waals surface area contributed by atoms with Crippen LogP contribution in [0.4, 0.5) is 0 Å². The molecule has 1 N–H and O–H groups in total. The van der Waals surface area contributed by atoms with Crippen LogP contribution in [0.2, 0.25) is 0 Å². The molecular weight excluding hydrogens is 348 g/mol. The third-order valence-electron chi connectivity index (χ3n) is 3.82. The largest absolute Gasteiger partial charge is 0.490 e. The summed E-state index contributed by atoms with van der Waals surface area (Å²) >= 11 is 5.27. The Hall–Kier alpha value is -2.15. The highest BCUT2D eigenvalue weighted by Gasteiger charge is 2.07. The highest BCUT2D eigenvalue weighted by Crippen LogP contribution is 2.28. The summed E-state index contributed by atoms with van der Waals surface area (Å²) in [6.45, 7) is 7.52. The summed E-state index contributed by atoms with van der Waals surface area (Å²) in [6.07, 6.45) is 6.87. The zero-order valence-electron chi connectivity index (χ0n) is 15.8. The van der Waals surface area contributed by atoms with Crippen LogP contribution in [0.15, 0.2) is 23.3 Å². The van der Waals surface area contributed by atoms with Crippen LogP contribution >= 0.6 is 12.2 Å². The molecule has 0 aliphatic heterocycles. The molecule has 2 aromatic rings. The fourth-order valence-electron chi connectivity index (χ4n) is 2.38. The minimum absolute atomic E-state index is 0.497. The van der Waals surface area contributed by atoms with Crippen molar-refractivity contribution < 1.29 is 9.47 Å². The van der Waals surface area contributed by atoms with Gasteiger partial charge in [0, 0.05) is 6.42 Å². The van der Waals surface area contributed by atoms with Gasteiger partial charge in [0.1, 0.15) is 0 Å². The first kappa shape index (κ1) is 20.2. The van der Waals surface area contributed by atoms with Crippen molar-refractivity contribution >= 4 is 18.4 Å². The summed E-state index contributed by atoms with van der Waals surface area (Å²) in [7, 11) is 0. The quantitative estimate of drug-likeness (QED) is 0.349. The third-order valence-corrected chi connectivity index (χ3v) is 4.08. The molecule has 1 heterocycles. The lowest BCUT2D eigenvalue weighted by Gasteiger charge is -2.12. The van der Waals surface area contributed by atoms with Crippen LogP contribution in [-0.2, 0) is 6.42 Å². The molecule has 1 aromatic heterocycles. The molecule has 26 heavy (non-hydrogen) atoms. The molecule has 0 unspecified atom stereocenters. The summed E-state index contributed by atoms with van der Waals surface area (Å²) in [5, 5.41) is 11.6. The van der Waals surface area contributed by atoms with E-state index in [0.717, 1.165) is 55.0 Å². The average Bonchev–Trinajstić information content (AvgIpc) is 3.00. The predicted octanol–water partition coefficient (Wildman–Crippen LogP) is 4.74. The van der Waals surface area contributed by atoms with Crippen molar-refractivity contribution in [3.05, 3.63) is 34.4 Å². The number of aromatic amines is 1. The summed E-state index contributed by atoms with van der Waals surface area (Å²) in [5.74, 6) is 2.34. The Bertz CT molecular complexity index is 767. The van der Waals surface area contributed by atoms with Gasteiger partial charge in [0.15, 0.2) is 17.3 Å². The van der Waals surface area contributed by atoms with Crippen LogP contribution in [0.25, 0.3) is 0 Å². The van der Waals surface area contributed by atoms with Crippen molar-refractivity contribution in [2.24, 2.45) is 5.10 Å². The number of unbranched alkanes of at least 4 members (excludes halogenated alkanes) is 2. The Balaban J connectivity index is 2.18. The fraction of sp³-hybridized carbons (Fsp3) is 0.526. The van der Waals surface area contributed by atoms with Gasteiger partial charge in [-0.15, -0.1) is 0 Å².